The Labute approximate surface area is 109 Å². The van der Waals surface area contributed by atoms with Gasteiger partial charge in [-0.3, -0.25) is 4.79 Å². The van der Waals surface area contributed by atoms with Gasteiger partial charge in [-0.15, -0.1) is 11.3 Å². The summed E-state index contributed by atoms with van der Waals surface area (Å²) < 4.78 is 14.1. The van der Waals surface area contributed by atoms with Crippen molar-refractivity contribution < 1.29 is 9.18 Å². The van der Waals surface area contributed by atoms with Crippen molar-refractivity contribution in [2.45, 2.75) is 6.92 Å². The van der Waals surface area contributed by atoms with Crippen molar-refractivity contribution in [3.8, 4) is 0 Å². The quantitative estimate of drug-likeness (QED) is 0.834. The fourth-order valence-corrected chi connectivity index (χ4v) is 2.90. The van der Waals surface area contributed by atoms with Gasteiger partial charge < -0.3 is 10.6 Å². The molecular weight excluding hydrogens is 251 g/mol. The summed E-state index contributed by atoms with van der Waals surface area (Å²) in [6.45, 7) is 3.16. The second kappa shape index (κ2) is 5.46. The third kappa shape index (κ3) is 2.52. The van der Waals surface area contributed by atoms with E-state index in [0.717, 1.165) is 22.2 Å². The van der Waals surface area contributed by atoms with E-state index in [1.807, 2.05) is 14.0 Å². The van der Waals surface area contributed by atoms with E-state index in [-0.39, 0.29) is 11.7 Å². The number of benzene rings is 1. The summed E-state index contributed by atoms with van der Waals surface area (Å²) >= 11 is 1.40. The predicted octanol–water partition coefficient (Wildman–Crippen LogP) is 2.30. The lowest BCUT2D eigenvalue weighted by Crippen LogP contribution is -2.30. The van der Waals surface area contributed by atoms with Gasteiger partial charge in [-0.1, -0.05) is 0 Å². The summed E-state index contributed by atoms with van der Waals surface area (Å²) in [5.74, 6) is -0.366. The van der Waals surface area contributed by atoms with Gasteiger partial charge in [0.2, 0.25) is 0 Å². The molecule has 0 spiro atoms. The lowest BCUT2D eigenvalue weighted by atomic mass is 10.1. The average Bonchev–Trinajstić information content (AvgIpc) is 2.67. The number of hydrogen-bond donors (Lipinski definition) is 2. The van der Waals surface area contributed by atoms with Gasteiger partial charge in [0, 0.05) is 17.8 Å². The van der Waals surface area contributed by atoms with Gasteiger partial charge in [0.1, 0.15) is 5.82 Å². The Morgan fingerprint density at radius 1 is 1.39 bits per heavy atom. The highest BCUT2D eigenvalue weighted by Gasteiger charge is 2.15. The SMILES string of the molecule is CNCCNC(=O)c1sc2ccc(F)cc2c1C. The molecule has 1 heterocycles. The number of amides is 1. The monoisotopic (exact) mass is 266 g/mol. The molecule has 0 unspecified atom stereocenters. The fraction of sp³-hybridized carbons (Fsp3) is 0.308. The van der Waals surface area contributed by atoms with Crippen LogP contribution < -0.4 is 10.6 Å². The van der Waals surface area contributed by atoms with E-state index in [1.54, 1.807) is 6.07 Å². The Morgan fingerprint density at radius 2 is 2.17 bits per heavy atom. The minimum Gasteiger partial charge on any atom is -0.350 e. The van der Waals surface area contributed by atoms with Gasteiger partial charge in [0.05, 0.1) is 4.88 Å². The van der Waals surface area contributed by atoms with Crippen LogP contribution in [0.15, 0.2) is 18.2 Å². The van der Waals surface area contributed by atoms with Crippen LogP contribution in [0.5, 0.6) is 0 Å². The van der Waals surface area contributed by atoms with Crippen LogP contribution in [0.2, 0.25) is 0 Å². The molecule has 5 heteroatoms. The topological polar surface area (TPSA) is 41.1 Å². The molecular formula is C13H15FN2OS. The van der Waals surface area contributed by atoms with Crippen LogP contribution in [0.4, 0.5) is 4.39 Å². The number of thiophene rings is 1. The largest absolute Gasteiger partial charge is 0.350 e. The molecule has 18 heavy (non-hydrogen) atoms. The van der Waals surface area contributed by atoms with Gasteiger partial charge in [-0.05, 0) is 43.1 Å². The molecule has 2 rings (SSSR count). The molecule has 96 valence electrons. The molecule has 3 nitrogen and oxygen atoms in total. The maximum absolute atomic E-state index is 13.2. The number of halogens is 1. The predicted molar refractivity (Wildman–Crippen MR) is 72.8 cm³/mol. The first-order valence-corrected chi connectivity index (χ1v) is 6.56. The highest BCUT2D eigenvalue weighted by atomic mass is 32.1. The minimum absolute atomic E-state index is 0.0932. The van der Waals surface area contributed by atoms with Crippen LogP contribution in [-0.4, -0.2) is 26.0 Å². The molecule has 0 saturated carbocycles. The van der Waals surface area contributed by atoms with Crippen LogP contribution in [0.25, 0.3) is 10.1 Å². The molecule has 1 aromatic carbocycles. The molecule has 1 aromatic heterocycles. The smallest absolute Gasteiger partial charge is 0.261 e. The summed E-state index contributed by atoms with van der Waals surface area (Å²) in [5, 5.41) is 6.61. The second-order valence-corrected chi connectivity index (χ2v) is 5.11. The molecule has 2 N–H and O–H groups in total. The van der Waals surface area contributed by atoms with Crippen LogP contribution >= 0.6 is 11.3 Å². The van der Waals surface area contributed by atoms with E-state index in [4.69, 9.17) is 0 Å². The first-order valence-electron chi connectivity index (χ1n) is 5.75. The standard InChI is InChI=1S/C13H15FN2OS/c1-8-10-7-9(14)3-4-11(10)18-12(8)13(17)16-6-5-15-2/h3-4,7,15H,5-6H2,1-2H3,(H,16,17). The zero-order valence-corrected chi connectivity index (χ0v) is 11.2. The van der Waals surface area contributed by atoms with Crippen LogP contribution in [0.3, 0.4) is 0 Å². The Hall–Kier alpha value is -1.46. The number of carbonyl (C=O) groups is 1. The van der Waals surface area contributed by atoms with E-state index in [0.29, 0.717) is 11.4 Å². The molecule has 1 amide bonds. The summed E-state index contributed by atoms with van der Waals surface area (Å²) in [6, 6.07) is 4.61. The second-order valence-electron chi connectivity index (χ2n) is 4.06. The van der Waals surface area contributed by atoms with E-state index >= 15 is 0 Å². The normalized spacial score (nSPS) is 10.8. The van der Waals surface area contributed by atoms with Crippen molar-refractivity contribution in [2.24, 2.45) is 0 Å². The maximum Gasteiger partial charge on any atom is 0.261 e. The third-order valence-electron chi connectivity index (χ3n) is 2.77. The van der Waals surface area contributed by atoms with Crippen LogP contribution in [0, 0.1) is 12.7 Å². The zero-order chi connectivity index (χ0) is 13.1. The fourth-order valence-electron chi connectivity index (χ4n) is 1.79. The number of rotatable bonds is 4. The van der Waals surface area contributed by atoms with Crippen molar-refractivity contribution in [3.63, 3.8) is 0 Å². The Bertz CT molecular complexity index is 580. The number of hydrogen-bond acceptors (Lipinski definition) is 3. The molecule has 2 aromatic rings. The number of aryl methyl sites for hydroxylation is 1. The molecule has 0 saturated heterocycles. The third-order valence-corrected chi connectivity index (χ3v) is 4.04. The molecule has 0 atom stereocenters. The molecule has 0 radical (unpaired) electrons. The van der Waals surface area contributed by atoms with Crippen molar-refractivity contribution in [1.29, 1.82) is 0 Å². The molecule has 0 aliphatic rings. The van der Waals surface area contributed by atoms with E-state index in [2.05, 4.69) is 10.6 Å². The Kier molecular flexibility index (Phi) is 3.93. The molecule has 0 aliphatic heterocycles. The Morgan fingerprint density at radius 3 is 2.89 bits per heavy atom. The highest BCUT2D eigenvalue weighted by molar-refractivity contribution is 7.21. The van der Waals surface area contributed by atoms with Crippen LogP contribution in [0.1, 0.15) is 15.2 Å². The number of fused-ring (bicyclic) bond motifs is 1. The van der Waals surface area contributed by atoms with Gasteiger partial charge in [0.25, 0.3) is 5.91 Å². The summed E-state index contributed by atoms with van der Waals surface area (Å²) in [6.07, 6.45) is 0. The lowest BCUT2D eigenvalue weighted by molar-refractivity contribution is 0.0957. The summed E-state index contributed by atoms with van der Waals surface area (Å²) in [4.78, 5) is 12.6. The zero-order valence-electron chi connectivity index (χ0n) is 10.3. The first-order chi connectivity index (χ1) is 8.63. The minimum atomic E-state index is -0.273. The number of carbonyl (C=O) groups excluding carboxylic acids is 1. The first kappa shape index (κ1) is 13.0. The molecule has 0 aliphatic carbocycles. The van der Waals surface area contributed by atoms with Crippen molar-refractivity contribution in [2.75, 3.05) is 20.1 Å². The van der Waals surface area contributed by atoms with Crippen LogP contribution in [-0.2, 0) is 0 Å². The van der Waals surface area contributed by atoms with Gasteiger partial charge in [-0.25, -0.2) is 4.39 Å². The van der Waals surface area contributed by atoms with Gasteiger partial charge >= 0.3 is 0 Å². The van der Waals surface area contributed by atoms with E-state index in [1.165, 1.54) is 23.5 Å². The maximum atomic E-state index is 13.2. The number of nitrogens with one attached hydrogen (secondary N) is 2. The van der Waals surface area contributed by atoms with Gasteiger partial charge in [0.15, 0.2) is 0 Å². The van der Waals surface area contributed by atoms with Crippen molar-refractivity contribution >= 4 is 27.3 Å². The highest BCUT2D eigenvalue weighted by Crippen LogP contribution is 2.31. The summed E-state index contributed by atoms with van der Waals surface area (Å²) in [7, 11) is 1.83. The van der Waals surface area contributed by atoms with E-state index < -0.39 is 0 Å². The molecule has 0 fully saturated rings. The number of likely N-dealkylation sites (N-methyl/N-ethyl adjacent to an activating group) is 1. The molecule has 0 bridgehead atoms. The Balaban J connectivity index is 2.28. The van der Waals surface area contributed by atoms with Crippen molar-refractivity contribution in [1.82, 2.24) is 10.6 Å². The summed E-state index contributed by atoms with van der Waals surface area (Å²) in [5.41, 5.74) is 0.844. The van der Waals surface area contributed by atoms with E-state index in [9.17, 15) is 9.18 Å². The average molecular weight is 266 g/mol. The van der Waals surface area contributed by atoms with Gasteiger partial charge in [-0.2, -0.15) is 0 Å². The van der Waals surface area contributed by atoms with Crippen molar-refractivity contribution in [3.05, 3.63) is 34.5 Å². The lowest BCUT2D eigenvalue weighted by Gasteiger charge is -2.03.